The number of carbonyl (C=O) groups excluding carboxylic acids is 2. The van der Waals surface area contributed by atoms with E-state index >= 15 is 0 Å². The van der Waals surface area contributed by atoms with Gasteiger partial charge in [0.2, 0.25) is 5.91 Å². The number of hydrogen-bond donors (Lipinski definition) is 2. The summed E-state index contributed by atoms with van der Waals surface area (Å²) in [5.41, 5.74) is 5.64. The summed E-state index contributed by atoms with van der Waals surface area (Å²) in [6.07, 6.45) is 0. The number of aromatic nitrogens is 2. The summed E-state index contributed by atoms with van der Waals surface area (Å²) in [6.45, 7) is 5.46. The first-order chi connectivity index (χ1) is 13.6. The van der Waals surface area contributed by atoms with Crippen molar-refractivity contribution in [1.82, 2.24) is 15.1 Å². The Kier molecular flexibility index (Phi) is 5.37. The van der Waals surface area contributed by atoms with Gasteiger partial charge in [-0.25, -0.2) is 8.78 Å². The summed E-state index contributed by atoms with van der Waals surface area (Å²) in [6, 6.07) is 9.12. The zero-order valence-corrected chi connectivity index (χ0v) is 16.4. The van der Waals surface area contributed by atoms with Gasteiger partial charge in [-0.1, -0.05) is 45.0 Å². The number of halogens is 2. The van der Waals surface area contributed by atoms with Crippen LogP contribution < -0.4 is 11.1 Å². The molecule has 0 aliphatic heterocycles. The number of hydrogen-bond acceptors (Lipinski definition) is 3. The predicted octanol–water partition coefficient (Wildman–Crippen LogP) is 2.99. The zero-order valence-electron chi connectivity index (χ0n) is 16.4. The van der Waals surface area contributed by atoms with Gasteiger partial charge in [-0.15, -0.1) is 0 Å². The van der Waals surface area contributed by atoms with Crippen LogP contribution in [0.2, 0.25) is 0 Å². The van der Waals surface area contributed by atoms with Crippen LogP contribution in [0.3, 0.4) is 0 Å². The molecule has 0 radical (unpaired) electrons. The van der Waals surface area contributed by atoms with Gasteiger partial charge in [-0.05, 0) is 29.2 Å². The third-order valence-electron chi connectivity index (χ3n) is 4.61. The van der Waals surface area contributed by atoms with E-state index < -0.39 is 29.1 Å². The summed E-state index contributed by atoms with van der Waals surface area (Å²) in [4.78, 5) is 24.7. The molecule has 0 bridgehead atoms. The van der Waals surface area contributed by atoms with E-state index in [0.29, 0.717) is 10.9 Å². The van der Waals surface area contributed by atoms with Crippen LogP contribution in [0, 0.1) is 17.0 Å². The molecule has 2 amide bonds. The van der Waals surface area contributed by atoms with E-state index in [2.05, 4.69) is 10.4 Å². The summed E-state index contributed by atoms with van der Waals surface area (Å²) in [5, 5.41) is 7.20. The summed E-state index contributed by atoms with van der Waals surface area (Å²) < 4.78 is 29.1. The Bertz CT molecular complexity index is 1070. The molecule has 0 aliphatic carbocycles. The average Bonchev–Trinajstić information content (AvgIpc) is 3.00. The molecule has 1 unspecified atom stereocenters. The Hall–Kier alpha value is -3.29. The van der Waals surface area contributed by atoms with Crippen LogP contribution in [0.1, 0.15) is 36.8 Å². The van der Waals surface area contributed by atoms with E-state index in [1.807, 2.05) is 0 Å². The minimum atomic E-state index is -0.930. The van der Waals surface area contributed by atoms with E-state index in [4.69, 9.17) is 5.73 Å². The highest BCUT2D eigenvalue weighted by Gasteiger charge is 2.32. The number of nitrogens with zero attached hydrogens (tertiary/aromatic N) is 2. The third kappa shape index (κ3) is 4.26. The SMILES string of the molecule is CC(C)(C)C(NC(=O)c1nn(Cc2ccc(F)cc2)c2c(F)cccc12)C(N)=O. The lowest BCUT2D eigenvalue weighted by Gasteiger charge is -2.28. The lowest BCUT2D eigenvalue weighted by molar-refractivity contribution is -0.122. The zero-order chi connectivity index (χ0) is 21.3. The fraction of sp³-hybridized carbons (Fsp3) is 0.286. The van der Waals surface area contributed by atoms with E-state index in [1.54, 1.807) is 39.0 Å². The van der Waals surface area contributed by atoms with E-state index in [9.17, 15) is 18.4 Å². The summed E-state index contributed by atoms with van der Waals surface area (Å²) in [5.74, 6) is -2.23. The van der Waals surface area contributed by atoms with Crippen molar-refractivity contribution in [2.75, 3.05) is 0 Å². The Morgan fingerprint density at radius 1 is 1.14 bits per heavy atom. The van der Waals surface area contributed by atoms with Gasteiger partial charge in [0.1, 0.15) is 23.2 Å². The molecule has 6 nitrogen and oxygen atoms in total. The Labute approximate surface area is 166 Å². The monoisotopic (exact) mass is 400 g/mol. The van der Waals surface area contributed by atoms with E-state index in [0.717, 1.165) is 0 Å². The van der Waals surface area contributed by atoms with Crippen LogP contribution in [0.4, 0.5) is 8.78 Å². The number of fused-ring (bicyclic) bond motifs is 1. The van der Waals surface area contributed by atoms with Crippen molar-refractivity contribution < 1.29 is 18.4 Å². The van der Waals surface area contributed by atoms with Crippen LogP contribution in [-0.2, 0) is 11.3 Å². The molecule has 3 aromatic rings. The molecule has 3 N–H and O–H groups in total. The lowest BCUT2D eigenvalue weighted by Crippen LogP contribution is -2.52. The van der Waals surface area contributed by atoms with Gasteiger partial charge < -0.3 is 11.1 Å². The van der Waals surface area contributed by atoms with Crippen molar-refractivity contribution in [2.24, 2.45) is 11.1 Å². The van der Waals surface area contributed by atoms with Gasteiger partial charge >= 0.3 is 0 Å². The van der Waals surface area contributed by atoms with Crippen LogP contribution in [0.15, 0.2) is 42.5 Å². The van der Waals surface area contributed by atoms with E-state index in [-0.39, 0.29) is 23.6 Å². The van der Waals surface area contributed by atoms with Gasteiger partial charge in [0.05, 0.1) is 6.54 Å². The predicted molar refractivity (Wildman–Crippen MR) is 105 cm³/mol. The maximum absolute atomic E-state index is 14.5. The van der Waals surface area contributed by atoms with Gasteiger partial charge in [-0.3, -0.25) is 14.3 Å². The molecule has 0 fully saturated rings. The maximum atomic E-state index is 14.5. The van der Waals surface area contributed by atoms with Crippen molar-refractivity contribution in [3.8, 4) is 0 Å². The number of amides is 2. The quantitative estimate of drug-likeness (QED) is 0.690. The second-order valence-electron chi connectivity index (χ2n) is 7.94. The molecule has 8 heteroatoms. The lowest BCUT2D eigenvalue weighted by atomic mass is 9.86. The fourth-order valence-electron chi connectivity index (χ4n) is 3.15. The molecule has 3 rings (SSSR count). The number of benzene rings is 2. The maximum Gasteiger partial charge on any atom is 0.273 e. The summed E-state index contributed by atoms with van der Waals surface area (Å²) in [7, 11) is 0. The number of primary amides is 1. The summed E-state index contributed by atoms with van der Waals surface area (Å²) >= 11 is 0. The second-order valence-corrected chi connectivity index (χ2v) is 7.94. The minimum Gasteiger partial charge on any atom is -0.368 e. The molecule has 1 aromatic heterocycles. The van der Waals surface area contributed by atoms with Crippen molar-refractivity contribution in [3.05, 3.63) is 65.4 Å². The minimum absolute atomic E-state index is 0.0166. The molecule has 2 aromatic carbocycles. The number of nitrogens with two attached hydrogens (primary N) is 1. The van der Waals surface area contributed by atoms with Crippen molar-refractivity contribution in [1.29, 1.82) is 0 Å². The van der Waals surface area contributed by atoms with Crippen molar-refractivity contribution in [3.63, 3.8) is 0 Å². The van der Waals surface area contributed by atoms with Crippen LogP contribution in [-0.4, -0.2) is 27.6 Å². The number of rotatable bonds is 5. The molecule has 0 spiro atoms. The van der Waals surface area contributed by atoms with Crippen molar-refractivity contribution in [2.45, 2.75) is 33.4 Å². The first-order valence-corrected chi connectivity index (χ1v) is 9.07. The second kappa shape index (κ2) is 7.62. The van der Waals surface area contributed by atoms with E-state index in [1.165, 1.54) is 28.9 Å². The normalized spacial score (nSPS) is 12.7. The van der Waals surface area contributed by atoms with Crippen LogP contribution in [0.25, 0.3) is 10.9 Å². The molecule has 1 atom stereocenters. The van der Waals surface area contributed by atoms with Gasteiger partial charge in [0, 0.05) is 5.39 Å². The Morgan fingerprint density at radius 3 is 2.38 bits per heavy atom. The topological polar surface area (TPSA) is 90.0 Å². The molecule has 0 aliphatic rings. The van der Waals surface area contributed by atoms with Gasteiger partial charge in [0.25, 0.3) is 5.91 Å². The first-order valence-electron chi connectivity index (χ1n) is 9.07. The molecule has 152 valence electrons. The fourth-order valence-corrected chi connectivity index (χ4v) is 3.15. The highest BCUT2D eigenvalue weighted by atomic mass is 19.1. The highest BCUT2D eigenvalue weighted by molar-refractivity contribution is 6.06. The molecular weight excluding hydrogens is 378 g/mol. The first kappa shape index (κ1) is 20.4. The largest absolute Gasteiger partial charge is 0.368 e. The average molecular weight is 400 g/mol. The molecule has 0 saturated heterocycles. The smallest absolute Gasteiger partial charge is 0.273 e. The molecule has 0 saturated carbocycles. The van der Waals surface area contributed by atoms with Gasteiger partial charge in [-0.2, -0.15) is 5.10 Å². The van der Waals surface area contributed by atoms with Crippen molar-refractivity contribution >= 4 is 22.7 Å². The highest BCUT2D eigenvalue weighted by Crippen LogP contribution is 2.24. The third-order valence-corrected chi connectivity index (χ3v) is 4.61. The molecular formula is C21H22F2N4O2. The Morgan fingerprint density at radius 2 is 1.79 bits per heavy atom. The number of nitrogens with one attached hydrogen (secondary N) is 1. The number of para-hydroxylation sites is 1. The molecule has 1 heterocycles. The van der Waals surface area contributed by atoms with Gasteiger partial charge in [0.15, 0.2) is 5.69 Å². The standard InChI is InChI=1S/C21H22F2N4O2/c1-21(2,3)18(19(24)28)25-20(29)16-14-5-4-6-15(23)17(14)27(26-16)11-12-7-9-13(22)10-8-12/h4-10,18H,11H2,1-3H3,(H2,24,28)(H,25,29). The Balaban J connectivity index is 2.02. The van der Waals surface area contributed by atoms with Crippen LogP contribution >= 0.6 is 0 Å². The molecule has 29 heavy (non-hydrogen) atoms. The van der Waals surface area contributed by atoms with Crippen LogP contribution in [0.5, 0.6) is 0 Å². The number of carbonyl (C=O) groups is 2.